The van der Waals surface area contributed by atoms with Gasteiger partial charge >= 0.3 is 5.97 Å². The summed E-state index contributed by atoms with van der Waals surface area (Å²) >= 11 is 0. The fourth-order valence-corrected chi connectivity index (χ4v) is 1.45. The van der Waals surface area contributed by atoms with Gasteiger partial charge in [0.05, 0.1) is 6.61 Å². The van der Waals surface area contributed by atoms with E-state index in [0.717, 1.165) is 19.3 Å². The van der Waals surface area contributed by atoms with E-state index in [1.165, 1.54) is 5.56 Å². The van der Waals surface area contributed by atoms with Crippen molar-refractivity contribution < 1.29 is 9.53 Å². The van der Waals surface area contributed by atoms with Crippen LogP contribution in [0.15, 0.2) is 35.3 Å². The first-order valence-corrected chi connectivity index (χ1v) is 6.06. The maximum Gasteiger partial charge on any atom is 0.375 e. The van der Waals surface area contributed by atoms with Crippen molar-refractivity contribution in [3.8, 4) is 0 Å². The van der Waals surface area contributed by atoms with Gasteiger partial charge in [-0.1, -0.05) is 30.3 Å². The molecule has 0 aromatic heterocycles. The van der Waals surface area contributed by atoms with Crippen molar-refractivity contribution in [3.63, 3.8) is 0 Å². The first kappa shape index (κ1) is 14.1. The number of aryl methyl sites for hydroxylation is 1. The van der Waals surface area contributed by atoms with Crippen molar-refractivity contribution in [2.45, 2.75) is 26.2 Å². The zero-order chi connectivity index (χ0) is 13.2. The van der Waals surface area contributed by atoms with Gasteiger partial charge in [0.25, 0.3) is 0 Å². The maximum absolute atomic E-state index is 11.1. The van der Waals surface area contributed by atoms with Crippen LogP contribution in [0.1, 0.15) is 25.3 Å². The maximum atomic E-state index is 11.1. The molecule has 0 aliphatic heterocycles. The molecular weight excluding hydrogens is 228 g/mol. The van der Waals surface area contributed by atoms with Crippen LogP contribution in [0.5, 0.6) is 0 Å². The third-order valence-electron chi connectivity index (χ3n) is 2.33. The number of amidine groups is 1. The van der Waals surface area contributed by atoms with Gasteiger partial charge in [0.1, 0.15) is 0 Å². The molecule has 0 fully saturated rings. The molecule has 1 rings (SSSR count). The molecule has 4 heteroatoms. The monoisotopic (exact) mass is 246 g/mol. The van der Waals surface area contributed by atoms with Gasteiger partial charge in [-0.2, -0.15) is 0 Å². The molecule has 0 radical (unpaired) electrons. The normalized spacial score (nSPS) is 10.5. The van der Waals surface area contributed by atoms with Crippen molar-refractivity contribution in [1.29, 1.82) is 5.41 Å². The van der Waals surface area contributed by atoms with E-state index in [9.17, 15) is 4.79 Å². The molecule has 0 aliphatic carbocycles. The largest absolute Gasteiger partial charge is 0.460 e. The molecule has 0 unspecified atom stereocenters. The SMILES string of the molecule is CCOC(=O)C(=N)/N=C/CCCc1ccccc1. The standard InChI is InChI=1S/C14H18N2O2/c1-2-18-14(17)13(15)16-11-7-6-10-12-8-4-3-5-9-12/h3-5,8-9,11,15H,2,6-7,10H2,1H3/b15-13?,16-11+. The molecule has 0 saturated heterocycles. The molecule has 0 bridgehead atoms. The highest BCUT2D eigenvalue weighted by molar-refractivity contribution is 6.35. The van der Waals surface area contributed by atoms with Gasteiger partial charge in [0.2, 0.25) is 5.84 Å². The van der Waals surface area contributed by atoms with Crippen LogP contribution in [0, 0.1) is 5.41 Å². The Morgan fingerprint density at radius 2 is 2.11 bits per heavy atom. The second-order valence-corrected chi connectivity index (χ2v) is 3.76. The molecule has 0 aliphatic rings. The van der Waals surface area contributed by atoms with E-state index >= 15 is 0 Å². The van der Waals surface area contributed by atoms with Crippen molar-refractivity contribution in [2.75, 3.05) is 6.61 Å². The predicted molar refractivity (Wildman–Crippen MR) is 72.2 cm³/mol. The van der Waals surface area contributed by atoms with E-state index in [0.29, 0.717) is 0 Å². The van der Waals surface area contributed by atoms with Crippen LogP contribution in [0.25, 0.3) is 0 Å². The van der Waals surface area contributed by atoms with Gasteiger partial charge in [-0.05, 0) is 31.7 Å². The lowest BCUT2D eigenvalue weighted by molar-refractivity contribution is -0.135. The van der Waals surface area contributed by atoms with E-state index in [2.05, 4.69) is 21.9 Å². The summed E-state index contributed by atoms with van der Waals surface area (Å²) in [7, 11) is 0. The molecule has 96 valence electrons. The second kappa shape index (κ2) is 8.17. The van der Waals surface area contributed by atoms with Gasteiger partial charge in [-0.25, -0.2) is 9.79 Å². The van der Waals surface area contributed by atoms with Gasteiger partial charge in [-0.15, -0.1) is 0 Å². The van der Waals surface area contributed by atoms with Crippen LogP contribution in [-0.4, -0.2) is 24.6 Å². The van der Waals surface area contributed by atoms with Crippen LogP contribution >= 0.6 is 0 Å². The van der Waals surface area contributed by atoms with Gasteiger partial charge < -0.3 is 4.74 Å². The fourth-order valence-electron chi connectivity index (χ4n) is 1.45. The molecule has 0 saturated carbocycles. The van der Waals surface area contributed by atoms with Crippen molar-refractivity contribution in [2.24, 2.45) is 4.99 Å². The zero-order valence-electron chi connectivity index (χ0n) is 10.6. The number of nitrogens with one attached hydrogen (secondary N) is 1. The number of benzene rings is 1. The molecule has 1 aromatic carbocycles. The average Bonchev–Trinajstić information content (AvgIpc) is 2.39. The second-order valence-electron chi connectivity index (χ2n) is 3.76. The molecule has 0 heterocycles. The number of rotatable bonds is 5. The van der Waals surface area contributed by atoms with E-state index in [-0.39, 0.29) is 12.4 Å². The summed E-state index contributed by atoms with van der Waals surface area (Å²) in [5.74, 6) is -1.01. The van der Waals surface area contributed by atoms with Crippen molar-refractivity contribution in [3.05, 3.63) is 35.9 Å². The predicted octanol–water partition coefficient (Wildman–Crippen LogP) is 2.62. The number of carbonyl (C=O) groups excluding carboxylic acids is 1. The Labute approximate surface area is 107 Å². The lowest BCUT2D eigenvalue weighted by atomic mass is 10.1. The minimum absolute atomic E-state index is 0.269. The summed E-state index contributed by atoms with van der Waals surface area (Å²) in [6.45, 7) is 1.97. The van der Waals surface area contributed by atoms with E-state index in [4.69, 9.17) is 5.41 Å². The molecular formula is C14H18N2O2. The Kier molecular flexibility index (Phi) is 6.40. The van der Waals surface area contributed by atoms with Gasteiger partial charge in [-0.3, -0.25) is 5.41 Å². The molecule has 0 amide bonds. The number of unbranched alkanes of at least 4 members (excludes halogenated alkanes) is 1. The fraction of sp³-hybridized carbons (Fsp3) is 0.357. The number of nitrogens with zero attached hydrogens (tertiary/aromatic N) is 1. The zero-order valence-corrected chi connectivity index (χ0v) is 10.6. The van der Waals surface area contributed by atoms with Crippen LogP contribution < -0.4 is 0 Å². The van der Waals surface area contributed by atoms with Crippen LogP contribution in [0.2, 0.25) is 0 Å². The molecule has 1 aromatic rings. The van der Waals surface area contributed by atoms with Crippen LogP contribution in [0.4, 0.5) is 0 Å². The number of aliphatic imine (C=N–C) groups is 1. The van der Waals surface area contributed by atoms with Crippen LogP contribution in [-0.2, 0) is 16.0 Å². The quantitative estimate of drug-likeness (QED) is 0.375. The third kappa shape index (κ3) is 5.39. The number of esters is 1. The van der Waals surface area contributed by atoms with E-state index in [1.54, 1.807) is 13.1 Å². The summed E-state index contributed by atoms with van der Waals surface area (Å²) in [6.07, 6.45) is 4.27. The molecule has 0 atom stereocenters. The number of ether oxygens (including phenoxy) is 1. The highest BCUT2D eigenvalue weighted by Crippen LogP contribution is 2.03. The lowest BCUT2D eigenvalue weighted by Gasteiger charge is -1.99. The minimum Gasteiger partial charge on any atom is -0.460 e. The van der Waals surface area contributed by atoms with E-state index < -0.39 is 5.97 Å². The Hall–Kier alpha value is -1.97. The molecule has 1 N–H and O–H groups in total. The number of hydrogen-bond donors (Lipinski definition) is 1. The first-order valence-electron chi connectivity index (χ1n) is 6.06. The van der Waals surface area contributed by atoms with E-state index in [1.807, 2.05) is 18.2 Å². The average molecular weight is 246 g/mol. The van der Waals surface area contributed by atoms with Gasteiger partial charge in [0, 0.05) is 6.21 Å². The van der Waals surface area contributed by atoms with Crippen LogP contribution in [0.3, 0.4) is 0 Å². The topological polar surface area (TPSA) is 62.5 Å². The Morgan fingerprint density at radius 3 is 2.78 bits per heavy atom. The third-order valence-corrected chi connectivity index (χ3v) is 2.33. The Balaban J connectivity index is 2.21. The smallest absolute Gasteiger partial charge is 0.375 e. The molecule has 18 heavy (non-hydrogen) atoms. The summed E-state index contributed by atoms with van der Waals surface area (Å²) in [4.78, 5) is 14.8. The first-order chi connectivity index (χ1) is 8.74. The summed E-state index contributed by atoms with van der Waals surface area (Å²) in [5.41, 5.74) is 1.28. The summed E-state index contributed by atoms with van der Waals surface area (Å²) in [6, 6.07) is 10.2. The highest BCUT2D eigenvalue weighted by atomic mass is 16.5. The highest BCUT2D eigenvalue weighted by Gasteiger charge is 2.06. The number of carbonyl (C=O) groups is 1. The van der Waals surface area contributed by atoms with Crippen molar-refractivity contribution >= 4 is 18.0 Å². The van der Waals surface area contributed by atoms with Gasteiger partial charge in [0.15, 0.2) is 0 Å². The lowest BCUT2D eigenvalue weighted by Crippen LogP contribution is -2.14. The summed E-state index contributed by atoms with van der Waals surface area (Å²) < 4.78 is 4.65. The molecule has 0 spiro atoms. The number of hydrogen-bond acceptors (Lipinski definition) is 3. The Bertz CT molecular complexity index is 413. The summed E-state index contributed by atoms with van der Waals surface area (Å²) in [5, 5.41) is 7.33. The van der Waals surface area contributed by atoms with Crippen molar-refractivity contribution in [1.82, 2.24) is 0 Å². The molecule has 4 nitrogen and oxygen atoms in total. The Morgan fingerprint density at radius 1 is 1.39 bits per heavy atom. The minimum atomic E-state index is -0.670.